The number of benzene rings is 1. The number of hydrogen-bond acceptors (Lipinski definition) is 5. The van der Waals surface area contributed by atoms with E-state index < -0.39 is 0 Å². The number of rotatable bonds is 5. The molecule has 0 fully saturated rings. The quantitative estimate of drug-likeness (QED) is 0.315. The Labute approximate surface area is 207 Å². The Morgan fingerprint density at radius 1 is 0.943 bits per heavy atom. The number of anilines is 1. The van der Waals surface area contributed by atoms with Crippen LogP contribution in [0.4, 0.5) is 9.93 Å². The molecule has 7 nitrogen and oxygen atoms in total. The molecule has 176 valence electrons. The maximum atomic E-state index is 12.3. The minimum Gasteiger partial charge on any atom is -0.334 e. The van der Waals surface area contributed by atoms with Crippen LogP contribution in [0, 0.1) is 0 Å². The molecule has 5 rings (SSSR count). The fourth-order valence-corrected chi connectivity index (χ4v) is 4.58. The largest absolute Gasteiger partial charge is 0.334 e. The summed E-state index contributed by atoms with van der Waals surface area (Å²) in [6, 6.07) is 16.0. The van der Waals surface area contributed by atoms with Crippen molar-refractivity contribution in [1.29, 1.82) is 0 Å². The first-order valence-electron chi connectivity index (χ1n) is 11.3. The summed E-state index contributed by atoms with van der Waals surface area (Å²) in [6.45, 7) is 6.80. The summed E-state index contributed by atoms with van der Waals surface area (Å²) in [5, 5.41) is 6.31. The Balaban J connectivity index is 1.23. The van der Waals surface area contributed by atoms with Crippen LogP contribution in [0.25, 0.3) is 28.0 Å². The lowest BCUT2D eigenvalue weighted by atomic mass is 9.96. The molecule has 5 aromatic rings. The van der Waals surface area contributed by atoms with Gasteiger partial charge in [0.1, 0.15) is 5.65 Å². The van der Waals surface area contributed by atoms with Gasteiger partial charge in [-0.05, 0) is 46.4 Å². The second-order valence-electron chi connectivity index (χ2n) is 9.31. The number of hydrogen-bond donors (Lipinski definition) is 2. The number of pyridine rings is 2. The number of aromatic nitrogens is 4. The summed E-state index contributed by atoms with van der Waals surface area (Å²) in [6.07, 6.45) is 9.32. The normalized spacial score (nSPS) is 11.5. The molecule has 0 aliphatic carbocycles. The van der Waals surface area contributed by atoms with Crippen LogP contribution in [0.3, 0.4) is 0 Å². The molecule has 0 bridgehead atoms. The molecule has 0 saturated heterocycles. The van der Waals surface area contributed by atoms with Gasteiger partial charge in [-0.3, -0.25) is 14.7 Å². The van der Waals surface area contributed by atoms with Crippen molar-refractivity contribution in [3.05, 3.63) is 90.0 Å². The second kappa shape index (κ2) is 9.31. The molecule has 0 radical (unpaired) electrons. The number of amides is 2. The standard InChI is InChI=1S/C27H26N6OS/c1-27(2,3)23-17-31-26(35-23)32-25(34)30-15-18-4-6-20(7-5-18)22-16-29-24-14-21(10-13-33(22)24)19-8-11-28-12-9-19/h4-14,16-17H,15H2,1-3H3,(H2,30,31,32,34). The number of urea groups is 1. The van der Waals surface area contributed by atoms with Crippen LogP contribution in [0.5, 0.6) is 0 Å². The van der Waals surface area contributed by atoms with Crippen molar-refractivity contribution in [2.24, 2.45) is 0 Å². The Hall–Kier alpha value is -4.04. The van der Waals surface area contributed by atoms with Crippen molar-refractivity contribution in [1.82, 2.24) is 24.7 Å². The van der Waals surface area contributed by atoms with Crippen LogP contribution < -0.4 is 10.6 Å². The van der Waals surface area contributed by atoms with Gasteiger partial charge < -0.3 is 5.32 Å². The van der Waals surface area contributed by atoms with Crippen LogP contribution in [0.15, 0.2) is 79.5 Å². The van der Waals surface area contributed by atoms with Gasteiger partial charge in [0.15, 0.2) is 5.13 Å². The van der Waals surface area contributed by atoms with Crippen molar-refractivity contribution in [2.45, 2.75) is 32.7 Å². The molecule has 0 saturated carbocycles. The number of fused-ring (bicyclic) bond motifs is 1. The van der Waals surface area contributed by atoms with Crippen LogP contribution in [-0.4, -0.2) is 25.4 Å². The number of nitrogens with one attached hydrogen (secondary N) is 2. The fraction of sp³-hybridized carbons (Fsp3) is 0.185. The van der Waals surface area contributed by atoms with Gasteiger partial charge in [0.2, 0.25) is 0 Å². The molecule has 0 unspecified atom stereocenters. The number of carbonyl (C=O) groups is 1. The zero-order valence-electron chi connectivity index (χ0n) is 19.8. The highest BCUT2D eigenvalue weighted by atomic mass is 32.1. The van der Waals surface area contributed by atoms with Gasteiger partial charge in [0, 0.05) is 41.8 Å². The van der Waals surface area contributed by atoms with Crippen molar-refractivity contribution >= 4 is 28.1 Å². The zero-order valence-corrected chi connectivity index (χ0v) is 20.6. The molecule has 2 amide bonds. The van der Waals surface area contributed by atoms with Crippen molar-refractivity contribution in [3.8, 4) is 22.4 Å². The first-order valence-corrected chi connectivity index (χ1v) is 12.2. The third-order valence-electron chi connectivity index (χ3n) is 5.70. The van der Waals surface area contributed by atoms with Crippen molar-refractivity contribution in [3.63, 3.8) is 0 Å². The molecule has 4 heterocycles. The van der Waals surface area contributed by atoms with E-state index in [0.717, 1.165) is 38.5 Å². The first kappa shape index (κ1) is 22.7. The van der Waals surface area contributed by atoms with E-state index in [2.05, 4.69) is 62.9 Å². The van der Waals surface area contributed by atoms with Crippen LogP contribution in [0.1, 0.15) is 31.2 Å². The molecule has 0 spiro atoms. The van der Waals surface area contributed by atoms with Crippen molar-refractivity contribution in [2.75, 3.05) is 5.32 Å². The summed E-state index contributed by atoms with van der Waals surface area (Å²) in [7, 11) is 0. The lowest BCUT2D eigenvalue weighted by Gasteiger charge is -2.14. The van der Waals surface area contributed by atoms with Gasteiger partial charge in [0.05, 0.1) is 11.9 Å². The van der Waals surface area contributed by atoms with Gasteiger partial charge in [0.25, 0.3) is 0 Å². The third-order valence-corrected chi connectivity index (χ3v) is 7.03. The van der Waals surface area contributed by atoms with Crippen molar-refractivity contribution < 1.29 is 4.79 Å². The number of thiazole rings is 1. The summed E-state index contributed by atoms with van der Waals surface area (Å²) < 4.78 is 2.07. The van der Waals surface area contributed by atoms with E-state index in [0.29, 0.717) is 11.7 Å². The van der Waals surface area contributed by atoms with E-state index in [1.54, 1.807) is 12.4 Å². The van der Waals surface area contributed by atoms with Gasteiger partial charge in [-0.1, -0.05) is 45.0 Å². The molecular weight excluding hydrogens is 456 g/mol. The van der Waals surface area contributed by atoms with Crippen LogP contribution in [0.2, 0.25) is 0 Å². The van der Waals surface area contributed by atoms with E-state index in [-0.39, 0.29) is 11.4 Å². The maximum Gasteiger partial charge on any atom is 0.321 e. The highest BCUT2D eigenvalue weighted by Crippen LogP contribution is 2.30. The molecular formula is C27H26N6OS. The summed E-state index contributed by atoms with van der Waals surface area (Å²) in [4.78, 5) is 26.4. The molecule has 1 aromatic carbocycles. The summed E-state index contributed by atoms with van der Waals surface area (Å²) >= 11 is 1.50. The second-order valence-corrected chi connectivity index (χ2v) is 10.3. The van der Waals surface area contributed by atoms with Gasteiger partial charge in [-0.2, -0.15) is 0 Å². The number of nitrogens with zero attached hydrogens (tertiary/aromatic N) is 4. The Morgan fingerprint density at radius 3 is 2.43 bits per heavy atom. The molecule has 0 atom stereocenters. The minimum absolute atomic E-state index is 0.0125. The molecule has 4 aromatic heterocycles. The highest BCUT2D eigenvalue weighted by Gasteiger charge is 2.18. The third kappa shape index (κ3) is 5.07. The molecule has 0 aliphatic rings. The Kier molecular flexibility index (Phi) is 6.05. The fourth-order valence-electron chi connectivity index (χ4n) is 3.71. The summed E-state index contributed by atoms with van der Waals surface area (Å²) in [5.41, 5.74) is 6.18. The first-order chi connectivity index (χ1) is 16.9. The Bertz CT molecular complexity index is 1470. The number of imidazole rings is 1. The molecule has 2 N–H and O–H groups in total. The lowest BCUT2D eigenvalue weighted by Crippen LogP contribution is -2.28. The van der Waals surface area contributed by atoms with Crippen LogP contribution in [-0.2, 0) is 12.0 Å². The van der Waals surface area contributed by atoms with Gasteiger partial charge in [-0.25, -0.2) is 14.8 Å². The summed E-state index contributed by atoms with van der Waals surface area (Å²) in [5.74, 6) is 0. The van der Waals surface area contributed by atoms with E-state index >= 15 is 0 Å². The Morgan fingerprint density at radius 2 is 1.71 bits per heavy atom. The molecule has 0 aliphatic heterocycles. The SMILES string of the molecule is CC(C)(C)c1cnc(NC(=O)NCc2ccc(-c3cnc4cc(-c5ccncc5)ccn34)cc2)s1. The topological polar surface area (TPSA) is 84.2 Å². The lowest BCUT2D eigenvalue weighted by molar-refractivity contribution is 0.251. The van der Waals surface area contributed by atoms with E-state index in [1.165, 1.54) is 11.3 Å². The number of carbonyl (C=O) groups excluding carboxylic acids is 1. The average molecular weight is 483 g/mol. The minimum atomic E-state index is -0.268. The molecule has 8 heteroatoms. The van der Waals surface area contributed by atoms with E-state index in [4.69, 9.17) is 0 Å². The zero-order chi connectivity index (χ0) is 24.4. The monoisotopic (exact) mass is 482 g/mol. The predicted molar refractivity (Wildman–Crippen MR) is 141 cm³/mol. The molecule has 35 heavy (non-hydrogen) atoms. The van der Waals surface area contributed by atoms with Crippen LogP contribution >= 0.6 is 11.3 Å². The average Bonchev–Trinajstić information content (AvgIpc) is 3.50. The van der Waals surface area contributed by atoms with Gasteiger partial charge in [-0.15, -0.1) is 11.3 Å². The highest BCUT2D eigenvalue weighted by molar-refractivity contribution is 7.15. The smallest absolute Gasteiger partial charge is 0.321 e. The predicted octanol–water partition coefficient (Wildman–Crippen LogP) is 6.14. The van der Waals surface area contributed by atoms with E-state index in [9.17, 15) is 4.79 Å². The van der Waals surface area contributed by atoms with E-state index in [1.807, 2.05) is 55.0 Å². The maximum absolute atomic E-state index is 12.3. The van der Waals surface area contributed by atoms with Gasteiger partial charge >= 0.3 is 6.03 Å².